The summed E-state index contributed by atoms with van der Waals surface area (Å²) in [7, 11) is 0. The number of hydrogen-bond acceptors (Lipinski definition) is 7. The highest BCUT2D eigenvalue weighted by atomic mass is 32.1. The van der Waals surface area contributed by atoms with Gasteiger partial charge in [0.15, 0.2) is 5.82 Å². The van der Waals surface area contributed by atoms with Crippen molar-refractivity contribution in [2.45, 2.75) is 13.8 Å². The van der Waals surface area contributed by atoms with Crippen molar-refractivity contribution in [3.05, 3.63) is 28.5 Å². The number of piperazine rings is 1. The number of aromatic nitrogens is 2. The van der Waals surface area contributed by atoms with Crippen molar-refractivity contribution in [2.24, 2.45) is 0 Å². The van der Waals surface area contributed by atoms with Gasteiger partial charge in [-0.3, -0.25) is 14.5 Å². The maximum atomic E-state index is 12.3. The highest BCUT2D eigenvalue weighted by molar-refractivity contribution is 7.05. The van der Waals surface area contributed by atoms with Crippen LogP contribution in [-0.2, 0) is 4.79 Å². The van der Waals surface area contributed by atoms with Crippen LogP contribution in [0.25, 0.3) is 0 Å². The zero-order valence-corrected chi connectivity index (χ0v) is 14.4. The van der Waals surface area contributed by atoms with Crippen molar-refractivity contribution < 1.29 is 14.1 Å². The molecule has 1 saturated heterocycles. The number of nitrogens with zero attached hydrogens (tertiary/aromatic N) is 4. The van der Waals surface area contributed by atoms with E-state index in [2.05, 4.69) is 14.8 Å². The first-order valence-electron chi connectivity index (χ1n) is 7.69. The molecule has 0 saturated carbocycles. The minimum Gasteiger partial charge on any atom is -0.360 e. The van der Waals surface area contributed by atoms with Crippen LogP contribution in [0.2, 0.25) is 0 Å². The summed E-state index contributed by atoms with van der Waals surface area (Å²) in [4.78, 5) is 29.2. The van der Waals surface area contributed by atoms with E-state index in [9.17, 15) is 9.59 Å². The highest BCUT2D eigenvalue weighted by Gasteiger charge is 2.24. The number of carbonyl (C=O) groups excluding carboxylic acids is 2. The molecule has 0 bridgehead atoms. The van der Waals surface area contributed by atoms with Gasteiger partial charge < -0.3 is 14.7 Å². The van der Waals surface area contributed by atoms with E-state index in [1.165, 1.54) is 11.5 Å². The van der Waals surface area contributed by atoms with Crippen LogP contribution in [0.1, 0.15) is 21.1 Å². The van der Waals surface area contributed by atoms with Crippen molar-refractivity contribution >= 4 is 29.2 Å². The number of carbonyl (C=O) groups is 2. The average molecular weight is 349 g/mol. The van der Waals surface area contributed by atoms with Crippen LogP contribution in [0.4, 0.5) is 5.82 Å². The molecule has 3 heterocycles. The first kappa shape index (κ1) is 16.6. The zero-order chi connectivity index (χ0) is 17.1. The van der Waals surface area contributed by atoms with E-state index in [0.29, 0.717) is 43.5 Å². The number of nitrogens with one attached hydrogen (secondary N) is 1. The standard InChI is InChI=1S/C15H19N5O3S/c1-10-7-13(17-23-10)16-14(21)9-19-3-5-20(6-4-19)15(22)12-8-11(2)24-18-12/h7-8H,3-6,9H2,1-2H3,(H,16,17,21). The fourth-order valence-electron chi connectivity index (χ4n) is 2.55. The number of aryl methyl sites for hydroxylation is 2. The predicted molar refractivity (Wildman–Crippen MR) is 89.1 cm³/mol. The van der Waals surface area contributed by atoms with E-state index in [4.69, 9.17) is 4.52 Å². The van der Waals surface area contributed by atoms with Crippen LogP contribution in [0.3, 0.4) is 0 Å². The summed E-state index contributed by atoms with van der Waals surface area (Å²) in [6.07, 6.45) is 0. The molecule has 3 rings (SSSR count). The molecule has 0 spiro atoms. The summed E-state index contributed by atoms with van der Waals surface area (Å²) in [5.74, 6) is 0.889. The van der Waals surface area contributed by atoms with Crippen LogP contribution in [0.5, 0.6) is 0 Å². The molecule has 2 aromatic rings. The summed E-state index contributed by atoms with van der Waals surface area (Å²) >= 11 is 1.33. The van der Waals surface area contributed by atoms with Gasteiger partial charge >= 0.3 is 0 Å². The van der Waals surface area contributed by atoms with E-state index in [-0.39, 0.29) is 18.4 Å². The maximum Gasteiger partial charge on any atom is 0.273 e. The van der Waals surface area contributed by atoms with Gasteiger partial charge in [0.2, 0.25) is 5.91 Å². The minimum absolute atomic E-state index is 0.0403. The summed E-state index contributed by atoms with van der Waals surface area (Å²) in [6, 6.07) is 3.48. The van der Waals surface area contributed by atoms with Crippen LogP contribution < -0.4 is 5.32 Å². The first-order chi connectivity index (χ1) is 11.5. The third-order valence-electron chi connectivity index (χ3n) is 3.77. The molecule has 0 atom stereocenters. The predicted octanol–water partition coefficient (Wildman–Crippen LogP) is 1.14. The van der Waals surface area contributed by atoms with Crippen molar-refractivity contribution in [3.63, 3.8) is 0 Å². The Balaban J connectivity index is 1.46. The third-order valence-corrected chi connectivity index (χ3v) is 4.46. The molecule has 24 heavy (non-hydrogen) atoms. The van der Waals surface area contributed by atoms with Gasteiger partial charge in [-0.1, -0.05) is 5.16 Å². The van der Waals surface area contributed by atoms with Crippen molar-refractivity contribution in [1.29, 1.82) is 0 Å². The van der Waals surface area contributed by atoms with Gasteiger partial charge in [0.25, 0.3) is 5.91 Å². The molecule has 0 aliphatic carbocycles. The molecule has 9 heteroatoms. The number of hydrogen-bond donors (Lipinski definition) is 1. The van der Waals surface area contributed by atoms with E-state index < -0.39 is 0 Å². The second kappa shape index (κ2) is 7.10. The lowest BCUT2D eigenvalue weighted by Crippen LogP contribution is -2.50. The SMILES string of the molecule is Cc1cc(NC(=O)CN2CCN(C(=O)c3cc(C)sn3)CC2)no1. The Kier molecular flexibility index (Phi) is 4.91. The molecule has 8 nitrogen and oxygen atoms in total. The van der Waals surface area contributed by atoms with Crippen LogP contribution >= 0.6 is 11.5 Å². The van der Waals surface area contributed by atoms with Crippen LogP contribution in [-0.4, -0.2) is 63.9 Å². The summed E-state index contributed by atoms with van der Waals surface area (Å²) < 4.78 is 9.08. The molecular formula is C15H19N5O3S. The zero-order valence-electron chi connectivity index (χ0n) is 13.6. The fraction of sp³-hybridized carbons (Fsp3) is 0.467. The summed E-state index contributed by atoms with van der Waals surface area (Å²) in [5, 5.41) is 6.43. The van der Waals surface area contributed by atoms with E-state index in [1.807, 2.05) is 17.9 Å². The van der Waals surface area contributed by atoms with Gasteiger partial charge in [0.05, 0.1) is 6.54 Å². The van der Waals surface area contributed by atoms with E-state index >= 15 is 0 Å². The van der Waals surface area contributed by atoms with Crippen molar-refractivity contribution in [3.8, 4) is 0 Å². The van der Waals surface area contributed by atoms with Gasteiger partial charge in [-0.15, -0.1) is 0 Å². The normalized spacial score (nSPS) is 15.5. The molecule has 1 N–H and O–H groups in total. The quantitative estimate of drug-likeness (QED) is 0.890. The summed E-state index contributed by atoms with van der Waals surface area (Å²) in [6.45, 7) is 6.45. The lowest BCUT2D eigenvalue weighted by Gasteiger charge is -2.33. The van der Waals surface area contributed by atoms with Crippen LogP contribution in [0.15, 0.2) is 16.7 Å². The molecule has 1 aliphatic rings. The monoisotopic (exact) mass is 349 g/mol. The molecule has 0 aromatic carbocycles. The van der Waals surface area contributed by atoms with Crippen molar-refractivity contribution in [2.75, 3.05) is 38.0 Å². The molecule has 0 radical (unpaired) electrons. The Morgan fingerprint density at radius 3 is 2.58 bits per heavy atom. The maximum absolute atomic E-state index is 12.3. The number of anilines is 1. The molecule has 2 amide bonds. The molecule has 0 unspecified atom stereocenters. The van der Waals surface area contributed by atoms with Gasteiger partial charge in [-0.25, -0.2) is 0 Å². The second-order valence-electron chi connectivity index (χ2n) is 5.76. The minimum atomic E-state index is -0.141. The molecule has 1 aliphatic heterocycles. The molecular weight excluding hydrogens is 330 g/mol. The lowest BCUT2D eigenvalue weighted by molar-refractivity contribution is -0.117. The Hall–Kier alpha value is -2.26. The highest BCUT2D eigenvalue weighted by Crippen LogP contribution is 2.13. The smallest absolute Gasteiger partial charge is 0.273 e. The summed E-state index contributed by atoms with van der Waals surface area (Å²) in [5.41, 5.74) is 0.505. The Morgan fingerprint density at radius 2 is 2.00 bits per heavy atom. The number of amides is 2. The van der Waals surface area contributed by atoms with Gasteiger partial charge in [-0.05, 0) is 31.4 Å². The van der Waals surface area contributed by atoms with E-state index in [0.717, 1.165) is 4.88 Å². The Bertz CT molecular complexity index is 733. The lowest BCUT2D eigenvalue weighted by atomic mass is 10.2. The Labute approximate surface area is 143 Å². The third kappa shape index (κ3) is 3.98. The average Bonchev–Trinajstić information content (AvgIpc) is 3.16. The molecule has 128 valence electrons. The van der Waals surface area contributed by atoms with Gasteiger partial charge in [-0.2, -0.15) is 4.37 Å². The van der Waals surface area contributed by atoms with Crippen molar-refractivity contribution in [1.82, 2.24) is 19.3 Å². The fourth-order valence-corrected chi connectivity index (χ4v) is 3.09. The van der Waals surface area contributed by atoms with Gasteiger partial charge in [0, 0.05) is 37.1 Å². The molecule has 1 fully saturated rings. The first-order valence-corrected chi connectivity index (χ1v) is 8.47. The van der Waals surface area contributed by atoms with Gasteiger partial charge in [0.1, 0.15) is 11.5 Å². The largest absolute Gasteiger partial charge is 0.360 e. The topological polar surface area (TPSA) is 91.6 Å². The second-order valence-corrected chi connectivity index (χ2v) is 6.77. The van der Waals surface area contributed by atoms with Crippen LogP contribution in [0, 0.1) is 13.8 Å². The number of rotatable bonds is 4. The van der Waals surface area contributed by atoms with E-state index in [1.54, 1.807) is 17.9 Å². The Morgan fingerprint density at radius 1 is 1.25 bits per heavy atom. The molecule has 2 aromatic heterocycles.